The zero-order valence-electron chi connectivity index (χ0n) is 18.0. The number of rotatable bonds is 4. The molecule has 1 N–H and O–H groups in total. The molecule has 1 aliphatic rings. The van der Waals surface area contributed by atoms with Gasteiger partial charge in [-0.3, -0.25) is 4.79 Å². The normalized spacial score (nSPS) is 16.4. The summed E-state index contributed by atoms with van der Waals surface area (Å²) in [5.74, 6) is -0.557. The molecule has 1 fully saturated rings. The van der Waals surface area contributed by atoms with E-state index in [-0.39, 0.29) is 22.3 Å². The first-order chi connectivity index (χ1) is 16.1. The van der Waals surface area contributed by atoms with Crippen LogP contribution in [0.25, 0.3) is 0 Å². The van der Waals surface area contributed by atoms with E-state index < -0.39 is 23.5 Å². The van der Waals surface area contributed by atoms with Crippen LogP contribution in [0.3, 0.4) is 0 Å². The van der Waals surface area contributed by atoms with Gasteiger partial charge in [0.25, 0.3) is 5.91 Å². The number of benzene rings is 1. The lowest BCUT2D eigenvalue weighted by atomic mass is 9.93. The van der Waals surface area contributed by atoms with Gasteiger partial charge in [-0.2, -0.15) is 13.2 Å². The summed E-state index contributed by atoms with van der Waals surface area (Å²) in [5.41, 5.74) is -0.290. The molecule has 1 aromatic carbocycles. The summed E-state index contributed by atoms with van der Waals surface area (Å²) in [7, 11) is 0. The van der Waals surface area contributed by atoms with Crippen LogP contribution in [0.5, 0.6) is 0 Å². The second-order valence-corrected chi connectivity index (χ2v) is 8.43. The third-order valence-electron chi connectivity index (χ3n) is 5.49. The van der Waals surface area contributed by atoms with Crippen LogP contribution in [0.4, 0.5) is 29.2 Å². The van der Waals surface area contributed by atoms with Crippen LogP contribution in [0, 0.1) is 12.7 Å². The van der Waals surface area contributed by atoms with Gasteiger partial charge in [0.1, 0.15) is 23.3 Å². The highest BCUT2D eigenvalue weighted by atomic mass is 35.5. The van der Waals surface area contributed by atoms with Crippen LogP contribution in [-0.4, -0.2) is 38.8 Å². The van der Waals surface area contributed by atoms with Gasteiger partial charge in [0.05, 0.1) is 16.8 Å². The Bertz CT molecular complexity index is 1220. The number of carbonyl (C=O) groups excluding carboxylic acids is 1. The number of hydrogen-bond acceptors (Lipinski definition) is 5. The number of aryl methyl sites for hydroxylation is 1. The van der Waals surface area contributed by atoms with Crippen molar-refractivity contribution in [3.8, 4) is 0 Å². The summed E-state index contributed by atoms with van der Waals surface area (Å²) in [6.45, 7) is 2.44. The summed E-state index contributed by atoms with van der Waals surface area (Å²) in [4.78, 5) is 27.1. The van der Waals surface area contributed by atoms with E-state index in [1.54, 1.807) is 17.9 Å². The summed E-state index contributed by atoms with van der Waals surface area (Å²) in [6, 6.07) is 7.26. The second kappa shape index (κ2) is 9.54. The van der Waals surface area contributed by atoms with Crippen molar-refractivity contribution in [2.75, 3.05) is 18.4 Å². The Morgan fingerprint density at radius 1 is 1.15 bits per heavy atom. The minimum atomic E-state index is -4.49. The lowest BCUT2D eigenvalue weighted by Gasteiger charge is -2.33. The number of nitrogens with one attached hydrogen (secondary N) is 1. The minimum absolute atomic E-state index is 0.00393. The first-order valence-electron chi connectivity index (χ1n) is 10.5. The number of piperidine rings is 1. The fraction of sp³-hybridized carbons (Fsp3) is 0.304. The van der Waals surface area contributed by atoms with E-state index in [1.165, 1.54) is 12.1 Å². The number of anilines is 2. The van der Waals surface area contributed by atoms with E-state index in [1.807, 2.05) is 0 Å². The van der Waals surface area contributed by atoms with Crippen molar-refractivity contribution in [2.45, 2.75) is 31.9 Å². The van der Waals surface area contributed by atoms with Gasteiger partial charge in [0.2, 0.25) is 0 Å². The molecule has 0 spiro atoms. The third-order valence-corrected chi connectivity index (χ3v) is 5.72. The fourth-order valence-corrected chi connectivity index (χ4v) is 4.08. The van der Waals surface area contributed by atoms with E-state index in [4.69, 9.17) is 11.6 Å². The average molecular weight is 494 g/mol. The Kier molecular flexibility index (Phi) is 6.70. The molecule has 0 radical (unpaired) electrons. The molecular weight excluding hydrogens is 474 g/mol. The molecule has 3 heterocycles. The van der Waals surface area contributed by atoms with Crippen molar-refractivity contribution in [2.24, 2.45) is 0 Å². The van der Waals surface area contributed by atoms with E-state index in [0.717, 1.165) is 30.8 Å². The summed E-state index contributed by atoms with van der Waals surface area (Å²) < 4.78 is 53.2. The van der Waals surface area contributed by atoms with Crippen molar-refractivity contribution in [1.82, 2.24) is 19.9 Å². The number of halogens is 5. The van der Waals surface area contributed by atoms with Crippen LogP contribution >= 0.6 is 11.6 Å². The van der Waals surface area contributed by atoms with Gasteiger partial charge in [-0.25, -0.2) is 19.3 Å². The molecule has 1 amide bonds. The first-order valence-corrected chi connectivity index (χ1v) is 10.9. The summed E-state index contributed by atoms with van der Waals surface area (Å²) in [6.07, 6.45) is -2.01. The Morgan fingerprint density at radius 2 is 1.94 bits per heavy atom. The van der Waals surface area contributed by atoms with Crippen LogP contribution in [0.15, 0.2) is 42.6 Å². The van der Waals surface area contributed by atoms with Gasteiger partial charge in [-0.1, -0.05) is 11.6 Å². The summed E-state index contributed by atoms with van der Waals surface area (Å²) in [5, 5.41) is 3.07. The zero-order valence-corrected chi connectivity index (χ0v) is 18.8. The molecule has 0 saturated carbocycles. The molecule has 6 nitrogen and oxygen atoms in total. The van der Waals surface area contributed by atoms with Crippen LogP contribution < -0.4 is 5.32 Å². The number of pyridine rings is 1. The quantitative estimate of drug-likeness (QED) is 0.468. The molecular formula is C23H20ClF4N5O. The third kappa shape index (κ3) is 5.44. The lowest BCUT2D eigenvalue weighted by Crippen LogP contribution is -2.39. The molecule has 0 bridgehead atoms. The number of aromatic nitrogens is 3. The minimum Gasteiger partial charge on any atom is -0.338 e. The number of likely N-dealkylation sites (tertiary alicyclic amines) is 1. The van der Waals surface area contributed by atoms with Gasteiger partial charge < -0.3 is 10.2 Å². The molecule has 1 saturated heterocycles. The standard InChI is InChI=1S/C23H20ClF4N5O/c1-13-30-19(11-21(31-13)32-20-9-15(6-7-29-20)23(26,27)28)14-3-2-8-33(12-14)22(34)17-10-16(24)4-5-18(17)25/h4-7,9-11,14H,2-3,8,12H2,1H3,(H,29,30,31,32). The monoisotopic (exact) mass is 493 g/mol. The molecule has 3 aromatic rings. The van der Waals surface area contributed by atoms with Crippen molar-refractivity contribution in [3.63, 3.8) is 0 Å². The van der Waals surface area contributed by atoms with Crippen molar-refractivity contribution < 1.29 is 22.4 Å². The molecule has 1 unspecified atom stereocenters. The molecule has 4 rings (SSSR count). The smallest absolute Gasteiger partial charge is 0.338 e. The van der Waals surface area contributed by atoms with E-state index in [0.29, 0.717) is 36.8 Å². The highest BCUT2D eigenvalue weighted by molar-refractivity contribution is 6.31. The van der Waals surface area contributed by atoms with Gasteiger partial charge >= 0.3 is 6.18 Å². The highest BCUT2D eigenvalue weighted by Gasteiger charge is 2.31. The SMILES string of the molecule is Cc1nc(Nc2cc(C(F)(F)F)ccn2)cc(C2CCCN(C(=O)c3cc(Cl)ccc3F)C2)n1. The molecule has 1 atom stereocenters. The fourth-order valence-electron chi connectivity index (χ4n) is 3.91. The summed E-state index contributed by atoms with van der Waals surface area (Å²) >= 11 is 5.93. The molecule has 2 aromatic heterocycles. The van der Waals surface area contributed by atoms with Crippen LogP contribution in [0.1, 0.15) is 46.2 Å². The van der Waals surface area contributed by atoms with Crippen molar-refractivity contribution >= 4 is 29.1 Å². The van der Waals surface area contributed by atoms with E-state index in [9.17, 15) is 22.4 Å². The maximum atomic E-state index is 14.2. The first kappa shape index (κ1) is 23.9. The van der Waals surface area contributed by atoms with Crippen molar-refractivity contribution in [1.29, 1.82) is 0 Å². The van der Waals surface area contributed by atoms with Crippen molar-refractivity contribution in [3.05, 3.63) is 76.1 Å². The topological polar surface area (TPSA) is 71.0 Å². The Morgan fingerprint density at radius 3 is 2.71 bits per heavy atom. The van der Waals surface area contributed by atoms with Gasteiger partial charge in [0, 0.05) is 36.3 Å². The largest absolute Gasteiger partial charge is 0.416 e. The number of nitrogens with zero attached hydrogens (tertiary/aromatic N) is 4. The lowest BCUT2D eigenvalue weighted by molar-refractivity contribution is -0.137. The van der Waals surface area contributed by atoms with Gasteiger partial charge in [-0.15, -0.1) is 0 Å². The van der Waals surface area contributed by atoms with E-state index in [2.05, 4.69) is 20.3 Å². The molecule has 34 heavy (non-hydrogen) atoms. The Labute approximate surface area is 198 Å². The Hall–Kier alpha value is -3.27. The average Bonchev–Trinajstić information content (AvgIpc) is 2.79. The van der Waals surface area contributed by atoms with Crippen LogP contribution in [0.2, 0.25) is 5.02 Å². The predicted molar refractivity (Wildman–Crippen MR) is 119 cm³/mol. The number of hydrogen-bond donors (Lipinski definition) is 1. The van der Waals surface area contributed by atoms with Gasteiger partial charge in [-0.05, 0) is 50.1 Å². The molecule has 11 heteroatoms. The maximum absolute atomic E-state index is 14.2. The highest BCUT2D eigenvalue weighted by Crippen LogP contribution is 2.32. The molecule has 0 aliphatic carbocycles. The number of carbonyl (C=O) groups is 1. The number of amides is 1. The Balaban J connectivity index is 1.54. The molecule has 178 valence electrons. The van der Waals surface area contributed by atoms with E-state index >= 15 is 0 Å². The maximum Gasteiger partial charge on any atom is 0.416 e. The molecule has 1 aliphatic heterocycles. The van der Waals surface area contributed by atoms with Gasteiger partial charge in [0.15, 0.2) is 0 Å². The zero-order chi connectivity index (χ0) is 24.5. The second-order valence-electron chi connectivity index (χ2n) is 7.99. The predicted octanol–water partition coefficient (Wildman–Crippen LogP) is 5.75. The number of alkyl halides is 3. The van der Waals surface area contributed by atoms with Crippen LogP contribution in [-0.2, 0) is 6.18 Å².